The van der Waals surface area contributed by atoms with E-state index >= 15 is 0 Å². The van der Waals surface area contributed by atoms with Crippen LogP contribution in [0, 0.1) is 6.92 Å². The maximum Gasteiger partial charge on any atom is 0.231 e. The Labute approximate surface area is 123 Å². The monoisotopic (exact) mass is 288 g/mol. The Kier molecular flexibility index (Phi) is 4.30. The highest BCUT2D eigenvalue weighted by Crippen LogP contribution is 2.25. The van der Waals surface area contributed by atoms with Crippen molar-refractivity contribution in [2.24, 2.45) is 0 Å². The lowest BCUT2D eigenvalue weighted by Gasteiger charge is -2.15. The van der Waals surface area contributed by atoms with Crippen molar-refractivity contribution in [2.45, 2.75) is 19.8 Å². The van der Waals surface area contributed by atoms with E-state index < -0.39 is 0 Å². The molecule has 0 bridgehead atoms. The molecule has 1 atom stereocenters. The molecule has 20 heavy (non-hydrogen) atoms. The lowest BCUT2D eigenvalue weighted by molar-refractivity contribution is -0.117. The van der Waals surface area contributed by atoms with Gasteiger partial charge in [0.2, 0.25) is 5.91 Å². The van der Waals surface area contributed by atoms with Gasteiger partial charge < -0.3 is 11.1 Å². The third kappa shape index (κ3) is 3.11. The molecule has 3 N–H and O–H groups in total. The first-order valence-corrected chi connectivity index (χ1v) is 6.78. The van der Waals surface area contributed by atoms with Crippen molar-refractivity contribution in [3.8, 4) is 0 Å². The molecular formula is C16H17ClN2O. The van der Waals surface area contributed by atoms with E-state index in [1.54, 1.807) is 12.1 Å². The zero-order chi connectivity index (χ0) is 14.7. The highest BCUT2D eigenvalue weighted by Gasteiger charge is 2.16. The summed E-state index contributed by atoms with van der Waals surface area (Å²) in [7, 11) is 0. The van der Waals surface area contributed by atoms with Crippen LogP contribution in [0.4, 0.5) is 11.4 Å². The molecule has 0 aromatic heterocycles. The predicted octanol–water partition coefficient (Wildman–Crippen LogP) is 3.97. The maximum atomic E-state index is 12.3. The Morgan fingerprint density at radius 1 is 1.25 bits per heavy atom. The quantitative estimate of drug-likeness (QED) is 0.840. The smallest absolute Gasteiger partial charge is 0.231 e. The number of nitrogens with two attached hydrogens (primary N) is 1. The summed E-state index contributed by atoms with van der Waals surface area (Å²) in [6, 6.07) is 12.8. The number of nitrogens with one attached hydrogen (secondary N) is 1. The number of hydrogen-bond acceptors (Lipinski definition) is 2. The van der Waals surface area contributed by atoms with Crippen LogP contribution in [-0.2, 0) is 4.79 Å². The molecule has 2 rings (SSSR count). The number of halogens is 1. The number of rotatable bonds is 3. The molecule has 2 aromatic carbocycles. The number of carbonyl (C=O) groups excluding carboxylic acids is 1. The molecule has 0 saturated heterocycles. The standard InChI is InChI=1S/C16H17ClN2O/c1-10(12-5-3-6-13(18)9-12)16(20)19-15-8-4-7-14(17)11(15)2/h3-10H,18H2,1-2H3,(H,19,20). The molecule has 3 nitrogen and oxygen atoms in total. The van der Waals surface area contributed by atoms with Crippen LogP contribution in [0.25, 0.3) is 0 Å². The van der Waals surface area contributed by atoms with Crippen LogP contribution in [0.1, 0.15) is 24.0 Å². The van der Waals surface area contributed by atoms with Crippen LogP contribution in [0.5, 0.6) is 0 Å². The van der Waals surface area contributed by atoms with Gasteiger partial charge >= 0.3 is 0 Å². The van der Waals surface area contributed by atoms with E-state index in [0.29, 0.717) is 10.7 Å². The van der Waals surface area contributed by atoms with E-state index in [4.69, 9.17) is 17.3 Å². The van der Waals surface area contributed by atoms with E-state index in [0.717, 1.165) is 16.8 Å². The predicted molar refractivity (Wildman–Crippen MR) is 84.1 cm³/mol. The fourth-order valence-corrected chi connectivity index (χ4v) is 2.14. The fourth-order valence-electron chi connectivity index (χ4n) is 1.96. The fraction of sp³-hybridized carbons (Fsp3) is 0.188. The first-order valence-electron chi connectivity index (χ1n) is 6.40. The van der Waals surface area contributed by atoms with Gasteiger partial charge in [-0.3, -0.25) is 4.79 Å². The summed E-state index contributed by atoms with van der Waals surface area (Å²) in [5.74, 6) is -0.363. The highest BCUT2D eigenvalue weighted by molar-refractivity contribution is 6.31. The van der Waals surface area contributed by atoms with E-state index in [1.807, 2.05) is 44.2 Å². The molecule has 0 saturated carbocycles. The van der Waals surface area contributed by atoms with Crippen LogP contribution in [-0.4, -0.2) is 5.91 Å². The molecule has 104 valence electrons. The average molecular weight is 289 g/mol. The van der Waals surface area contributed by atoms with Gasteiger partial charge in [-0.1, -0.05) is 29.8 Å². The van der Waals surface area contributed by atoms with Crippen molar-refractivity contribution in [1.29, 1.82) is 0 Å². The molecule has 0 fully saturated rings. The van der Waals surface area contributed by atoms with Crippen LogP contribution in [0.15, 0.2) is 42.5 Å². The van der Waals surface area contributed by atoms with Crippen molar-refractivity contribution in [2.75, 3.05) is 11.1 Å². The number of benzene rings is 2. The average Bonchev–Trinajstić information content (AvgIpc) is 2.43. The van der Waals surface area contributed by atoms with Gasteiger partial charge in [0.1, 0.15) is 0 Å². The minimum Gasteiger partial charge on any atom is -0.399 e. The van der Waals surface area contributed by atoms with Crippen molar-refractivity contribution in [3.63, 3.8) is 0 Å². The summed E-state index contributed by atoms with van der Waals surface area (Å²) < 4.78 is 0. The molecule has 4 heteroatoms. The van der Waals surface area contributed by atoms with Gasteiger partial charge in [-0.2, -0.15) is 0 Å². The van der Waals surface area contributed by atoms with Crippen molar-refractivity contribution >= 4 is 28.9 Å². The summed E-state index contributed by atoms with van der Waals surface area (Å²) >= 11 is 6.05. The number of carbonyl (C=O) groups is 1. The van der Waals surface area contributed by atoms with Gasteiger partial charge in [-0.15, -0.1) is 0 Å². The number of hydrogen-bond donors (Lipinski definition) is 2. The zero-order valence-corrected chi connectivity index (χ0v) is 12.2. The lowest BCUT2D eigenvalue weighted by Crippen LogP contribution is -2.19. The van der Waals surface area contributed by atoms with Gasteiger partial charge in [-0.25, -0.2) is 0 Å². The minimum atomic E-state index is -0.281. The number of nitrogen functional groups attached to an aromatic ring is 1. The second kappa shape index (κ2) is 5.97. The summed E-state index contributed by atoms with van der Waals surface area (Å²) in [4.78, 5) is 12.3. The number of anilines is 2. The molecule has 0 spiro atoms. The van der Waals surface area contributed by atoms with E-state index in [-0.39, 0.29) is 11.8 Å². The van der Waals surface area contributed by atoms with Crippen LogP contribution >= 0.6 is 11.6 Å². The van der Waals surface area contributed by atoms with Gasteiger partial charge in [-0.05, 0) is 49.2 Å². The molecular weight excluding hydrogens is 272 g/mol. The van der Waals surface area contributed by atoms with Crippen molar-refractivity contribution < 1.29 is 4.79 Å². The first-order chi connectivity index (χ1) is 9.49. The van der Waals surface area contributed by atoms with Crippen LogP contribution in [0.3, 0.4) is 0 Å². The summed E-state index contributed by atoms with van der Waals surface area (Å²) in [6.07, 6.45) is 0. The third-order valence-corrected chi connectivity index (χ3v) is 3.74. The van der Waals surface area contributed by atoms with E-state index in [2.05, 4.69) is 5.32 Å². The molecule has 0 aliphatic carbocycles. The zero-order valence-electron chi connectivity index (χ0n) is 11.5. The molecule has 0 radical (unpaired) electrons. The van der Waals surface area contributed by atoms with Crippen LogP contribution in [0.2, 0.25) is 5.02 Å². The lowest BCUT2D eigenvalue weighted by atomic mass is 9.99. The molecule has 2 aromatic rings. The number of amides is 1. The molecule has 1 unspecified atom stereocenters. The SMILES string of the molecule is Cc1c(Cl)cccc1NC(=O)C(C)c1cccc(N)c1. The first kappa shape index (κ1) is 14.4. The summed E-state index contributed by atoms with van der Waals surface area (Å²) in [6.45, 7) is 3.73. The highest BCUT2D eigenvalue weighted by atomic mass is 35.5. The molecule has 1 amide bonds. The minimum absolute atomic E-state index is 0.0824. The summed E-state index contributed by atoms with van der Waals surface area (Å²) in [5.41, 5.74) is 8.89. The van der Waals surface area contributed by atoms with Crippen molar-refractivity contribution in [1.82, 2.24) is 0 Å². The second-order valence-corrected chi connectivity index (χ2v) is 5.20. The normalized spacial score (nSPS) is 11.9. The van der Waals surface area contributed by atoms with Gasteiger partial charge in [0.25, 0.3) is 0 Å². The van der Waals surface area contributed by atoms with E-state index in [9.17, 15) is 4.79 Å². The Hall–Kier alpha value is -2.00. The summed E-state index contributed by atoms with van der Waals surface area (Å²) in [5, 5.41) is 3.54. The molecule has 0 aliphatic heterocycles. The third-order valence-electron chi connectivity index (χ3n) is 3.33. The van der Waals surface area contributed by atoms with Crippen LogP contribution < -0.4 is 11.1 Å². The second-order valence-electron chi connectivity index (χ2n) is 4.79. The topological polar surface area (TPSA) is 55.1 Å². The molecule has 0 heterocycles. The largest absolute Gasteiger partial charge is 0.399 e. The van der Waals surface area contributed by atoms with Crippen molar-refractivity contribution in [3.05, 3.63) is 58.6 Å². The Morgan fingerprint density at radius 3 is 2.65 bits per heavy atom. The molecule has 0 aliphatic rings. The Bertz CT molecular complexity index is 640. The van der Waals surface area contributed by atoms with E-state index in [1.165, 1.54) is 0 Å². The maximum absolute atomic E-state index is 12.3. The van der Waals surface area contributed by atoms with Gasteiger partial charge in [0.15, 0.2) is 0 Å². The van der Waals surface area contributed by atoms with Gasteiger partial charge in [0, 0.05) is 16.4 Å². The van der Waals surface area contributed by atoms with Gasteiger partial charge in [0.05, 0.1) is 5.92 Å². The Morgan fingerprint density at radius 2 is 1.95 bits per heavy atom. The Balaban J connectivity index is 2.18.